The molecule has 1 amide bonds. The summed E-state index contributed by atoms with van der Waals surface area (Å²) < 4.78 is 14.1. The monoisotopic (exact) mass is 359 g/mol. The molecule has 0 bridgehead atoms. The molecule has 0 fully saturated rings. The summed E-state index contributed by atoms with van der Waals surface area (Å²) in [5, 5.41) is 17.3. The molecule has 1 aromatic carbocycles. The fourth-order valence-corrected chi connectivity index (χ4v) is 1.83. The van der Waals surface area contributed by atoms with Crippen LogP contribution >= 0.6 is 15.9 Å². The van der Waals surface area contributed by atoms with Crippen LogP contribution in [-0.2, 0) is 14.4 Å². The van der Waals surface area contributed by atoms with Crippen molar-refractivity contribution in [3.05, 3.63) is 40.1 Å². The standard InChI is InChI=1S/C13H11BrFNO5/c14-9-2-3-10(15)8(5-9)1-4-11(17)16(6-12(18)19)7-13(20)21/h1-5H,6-7H2,(H,18,19)(H,20,21). The maximum absolute atomic E-state index is 13.5. The second-order valence-electron chi connectivity index (χ2n) is 3.98. The van der Waals surface area contributed by atoms with Gasteiger partial charge < -0.3 is 15.1 Å². The van der Waals surface area contributed by atoms with Crippen molar-refractivity contribution in [1.82, 2.24) is 4.90 Å². The molecule has 112 valence electrons. The third-order valence-electron chi connectivity index (χ3n) is 2.33. The number of halogens is 2. The van der Waals surface area contributed by atoms with Gasteiger partial charge in [-0.1, -0.05) is 15.9 Å². The Morgan fingerprint density at radius 1 is 1.19 bits per heavy atom. The number of amides is 1. The van der Waals surface area contributed by atoms with Crippen LogP contribution in [0.2, 0.25) is 0 Å². The third-order valence-corrected chi connectivity index (χ3v) is 2.82. The quantitative estimate of drug-likeness (QED) is 0.752. The zero-order valence-corrected chi connectivity index (χ0v) is 12.2. The van der Waals surface area contributed by atoms with Crippen molar-refractivity contribution >= 4 is 39.9 Å². The maximum Gasteiger partial charge on any atom is 0.323 e. The molecule has 0 aliphatic rings. The van der Waals surface area contributed by atoms with Gasteiger partial charge in [0.05, 0.1) is 0 Å². The largest absolute Gasteiger partial charge is 0.480 e. The summed E-state index contributed by atoms with van der Waals surface area (Å²) in [7, 11) is 0. The first-order valence-electron chi connectivity index (χ1n) is 5.65. The molecule has 21 heavy (non-hydrogen) atoms. The van der Waals surface area contributed by atoms with Gasteiger partial charge in [0.2, 0.25) is 5.91 Å². The minimum Gasteiger partial charge on any atom is -0.480 e. The van der Waals surface area contributed by atoms with Crippen molar-refractivity contribution in [2.75, 3.05) is 13.1 Å². The molecule has 0 aromatic heterocycles. The highest BCUT2D eigenvalue weighted by molar-refractivity contribution is 9.10. The molecular formula is C13H11BrFNO5. The lowest BCUT2D eigenvalue weighted by Crippen LogP contribution is -2.38. The molecule has 0 spiro atoms. The van der Waals surface area contributed by atoms with Crippen LogP contribution in [0.4, 0.5) is 4.39 Å². The SMILES string of the molecule is O=C(O)CN(CC(=O)O)C(=O)C=Cc1cc(Br)ccc1F. The maximum atomic E-state index is 13.5. The Labute approximate surface area is 127 Å². The topological polar surface area (TPSA) is 94.9 Å². The second kappa shape index (κ2) is 7.53. The number of aliphatic carboxylic acids is 2. The van der Waals surface area contributed by atoms with E-state index in [0.717, 1.165) is 12.2 Å². The van der Waals surface area contributed by atoms with Crippen LogP contribution in [0.1, 0.15) is 5.56 Å². The van der Waals surface area contributed by atoms with Crippen molar-refractivity contribution in [1.29, 1.82) is 0 Å². The number of carbonyl (C=O) groups is 3. The van der Waals surface area contributed by atoms with Gasteiger partial charge in [-0.15, -0.1) is 0 Å². The normalized spacial score (nSPS) is 10.6. The first kappa shape index (κ1) is 16.8. The number of benzene rings is 1. The summed E-state index contributed by atoms with van der Waals surface area (Å²) in [5.41, 5.74) is 0.114. The van der Waals surface area contributed by atoms with Crippen molar-refractivity contribution in [2.24, 2.45) is 0 Å². The van der Waals surface area contributed by atoms with E-state index in [2.05, 4.69) is 15.9 Å². The minimum absolute atomic E-state index is 0.114. The van der Waals surface area contributed by atoms with Crippen LogP contribution in [-0.4, -0.2) is 46.0 Å². The summed E-state index contributed by atoms with van der Waals surface area (Å²) in [4.78, 5) is 33.6. The highest BCUT2D eigenvalue weighted by atomic mass is 79.9. The highest BCUT2D eigenvalue weighted by Gasteiger charge is 2.17. The van der Waals surface area contributed by atoms with Crippen LogP contribution in [0, 0.1) is 5.82 Å². The molecule has 0 atom stereocenters. The number of rotatable bonds is 6. The lowest BCUT2D eigenvalue weighted by Gasteiger charge is -2.16. The van der Waals surface area contributed by atoms with Gasteiger partial charge >= 0.3 is 11.9 Å². The molecular weight excluding hydrogens is 349 g/mol. The smallest absolute Gasteiger partial charge is 0.323 e. The van der Waals surface area contributed by atoms with Crippen molar-refractivity contribution in [3.8, 4) is 0 Å². The Hall–Kier alpha value is -2.22. The predicted molar refractivity (Wildman–Crippen MR) is 75.0 cm³/mol. The summed E-state index contributed by atoms with van der Waals surface area (Å²) in [6.07, 6.45) is 2.08. The minimum atomic E-state index is -1.34. The molecule has 2 N–H and O–H groups in total. The number of hydrogen-bond donors (Lipinski definition) is 2. The highest BCUT2D eigenvalue weighted by Crippen LogP contribution is 2.16. The van der Waals surface area contributed by atoms with E-state index in [4.69, 9.17) is 10.2 Å². The van der Waals surface area contributed by atoms with Gasteiger partial charge in [-0.3, -0.25) is 14.4 Å². The van der Waals surface area contributed by atoms with E-state index < -0.39 is 36.8 Å². The fraction of sp³-hybridized carbons (Fsp3) is 0.154. The van der Waals surface area contributed by atoms with Crippen molar-refractivity contribution < 1.29 is 29.0 Å². The van der Waals surface area contributed by atoms with Crippen LogP contribution < -0.4 is 0 Å². The molecule has 0 saturated carbocycles. The third kappa shape index (κ3) is 5.74. The van der Waals surface area contributed by atoms with Gasteiger partial charge in [0.25, 0.3) is 0 Å². The van der Waals surface area contributed by atoms with Crippen LogP contribution in [0.25, 0.3) is 6.08 Å². The first-order chi connectivity index (χ1) is 9.79. The number of carboxylic acid groups (broad SMARTS) is 2. The van der Waals surface area contributed by atoms with E-state index in [-0.39, 0.29) is 5.56 Å². The van der Waals surface area contributed by atoms with Gasteiger partial charge in [-0.25, -0.2) is 4.39 Å². The van der Waals surface area contributed by atoms with Gasteiger partial charge in [-0.05, 0) is 24.3 Å². The van der Waals surface area contributed by atoms with Crippen molar-refractivity contribution in [3.63, 3.8) is 0 Å². The fourth-order valence-electron chi connectivity index (χ4n) is 1.45. The molecule has 0 unspecified atom stereocenters. The number of hydrogen-bond acceptors (Lipinski definition) is 3. The predicted octanol–water partition coefficient (Wildman–Crippen LogP) is 1.60. The molecule has 0 aliphatic carbocycles. The Morgan fingerprint density at radius 3 is 2.29 bits per heavy atom. The lowest BCUT2D eigenvalue weighted by atomic mass is 10.2. The first-order valence-corrected chi connectivity index (χ1v) is 6.44. The zero-order valence-electron chi connectivity index (χ0n) is 10.6. The van der Waals surface area contributed by atoms with Crippen molar-refractivity contribution in [2.45, 2.75) is 0 Å². The van der Waals surface area contributed by atoms with Crippen LogP contribution in [0.3, 0.4) is 0 Å². The summed E-state index contributed by atoms with van der Waals surface area (Å²) in [6, 6.07) is 4.11. The van der Waals surface area contributed by atoms with Crippen LogP contribution in [0.5, 0.6) is 0 Å². The van der Waals surface area contributed by atoms with E-state index in [1.807, 2.05) is 0 Å². The zero-order chi connectivity index (χ0) is 16.0. The Bertz CT molecular complexity index is 586. The van der Waals surface area contributed by atoms with E-state index in [1.54, 1.807) is 0 Å². The summed E-state index contributed by atoms with van der Waals surface area (Å²) in [6.45, 7) is -1.51. The van der Waals surface area contributed by atoms with Gasteiger partial charge in [0, 0.05) is 16.1 Å². The van der Waals surface area contributed by atoms with E-state index in [1.165, 1.54) is 18.2 Å². The van der Waals surface area contributed by atoms with Crippen LogP contribution in [0.15, 0.2) is 28.7 Å². The average molecular weight is 360 g/mol. The van der Waals surface area contributed by atoms with Gasteiger partial charge in [0.1, 0.15) is 18.9 Å². The second-order valence-corrected chi connectivity index (χ2v) is 4.90. The lowest BCUT2D eigenvalue weighted by molar-refractivity contribution is -0.147. The molecule has 0 radical (unpaired) electrons. The molecule has 8 heteroatoms. The summed E-state index contributed by atoms with van der Waals surface area (Å²) >= 11 is 3.15. The Morgan fingerprint density at radius 2 is 1.76 bits per heavy atom. The van der Waals surface area contributed by atoms with Gasteiger partial charge in [0.15, 0.2) is 0 Å². The van der Waals surface area contributed by atoms with E-state index in [0.29, 0.717) is 9.37 Å². The Balaban J connectivity index is 2.89. The van der Waals surface area contributed by atoms with E-state index >= 15 is 0 Å². The number of carbonyl (C=O) groups excluding carboxylic acids is 1. The molecule has 6 nitrogen and oxygen atoms in total. The Kier molecular flexibility index (Phi) is 6.04. The average Bonchev–Trinajstić information content (AvgIpc) is 2.37. The molecule has 0 heterocycles. The number of nitrogens with zero attached hydrogens (tertiary/aromatic N) is 1. The molecule has 1 rings (SSSR count). The molecule has 0 saturated heterocycles. The summed E-state index contributed by atoms with van der Waals surface area (Å²) in [5.74, 6) is -4.08. The van der Waals surface area contributed by atoms with E-state index in [9.17, 15) is 18.8 Å². The van der Waals surface area contributed by atoms with Gasteiger partial charge in [-0.2, -0.15) is 0 Å². The molecule has 0 aliphatic heterocycles. The number of carboxylic acids is 2. The molecule has 1 aromatic rings.